The molecular formula is C15H16FNO3S. The number of ether oxygens (including phenoxy) is 1. The predicted octanol–water partition coefficient (Wildman–Crippen LogP) is 2.67. The van der Waals surface area contributed by atoms with Crippen molar-refractivity contribution in [2.75, 3.05) is 0 Å². The first-order valence-corrected chi connectivity index (χ1v) is 7.83. The average molecular weight is 309 g/mol. The number of aryl methyl sites for hydroxylation is 2. The monoisotopic (exact) mass is 309 g/mol. The van der Waals surface area contributed by atoms with Crippen molar-refractivity contribution in [1.82, 2.24) is 0 Å². The van der Waals surface area contributed by atoms with Crippen molar-refractivity contribution in [2.45, 2.75) is 25.3 Å². The van der Waals surface area contributed by atoms with Crippen LogP contribution in [0.25, 0.3) is 0 Å². The molecule has 0 radical (unpaired) electrons. The van der Waals surface area contributed by atoms with Gasteiger partial charge < -0.3 is 4.74 Å². The maximum absolute atomic E-state index is 13.1. The predicted molar refractivity (Wildman–Crippen MR) is 78.0 cm³/mol. The van der Waals surface area contributed by atoms with Crippen molar-refractivity contribution in [2.24, 2.45) is 5.14 Å². The van der Waals surface area contributed by atoms with Gasteiger partial charge in [0.1, 0.15) is 23.1 Å². The molecule has 0 bridgehead atoms. The molecule has 2 N–H and O–H groups in total. The highest BCUT2D eigenvalue weighted by Crippen LogP contribution is 2.29. The van der Waals surface area contributed by atoms with Gasteiger partial charge in [0.2, 0.25) is 10.0 Å². The summed E-state index contributed by atoms with van der Waals surface area (Å²) < 4.78 is 42.0. The Bertz CT molecular complexity index is 772. The van der Waals surface area contributed by atoms with E-state index in [1.165, 1.54) is 18.2 Å². The molecule has 0 saturated heterocycles. The first kappa shape index (κ1) is 15.5. The maximum atomic E-state index is 13.1. The topological polar surface area (TPSA) is 69.4 Å². The van der Waals surface area contributed by atoms with E-state index >= 15 is 0 Å². The third-order valence-corrected chi connectivity index (χ3v) is 3.88. The standard InChI is InChI=1S/C15H16FNO3S/c1-10-6-11(2)15(14(7-10)21(17,18)19)20-9-12-4-3-5-13(16)8-12/h3-8H,9H2,1-2H3,(H2,17,18,19). The molecule has 0 unspecified atom stereocenters. The minimum absolute atomic E-state index is 0.0589. The van der Waals surface area contributed by atoms with Crippen LogP contribution in [0.3, 0.4) is 0 Å². The molecule has 0 atom stereocenters. The first-order chi connectivity index (χ1) is 9.77. The molecular weight excluding hydrogens is 293 g/mol. The summed E-state index contributed by atoms with van der Waals surface area (Å²) in [6, 6.07) is 9.19. The third-order valence-electron chi connectivity index (χ3n) is 2.96. The SMILES string of the molecule is Cc1cc(C)c(OCc2cccc(F)c2)c(S(N)(=O)=O)c1. The molecule has 4 nitrogen and oxygen atoms in total. The lowest BCUT2D eigenvalue weighted by atomic mass is 10.1. The van der Waals surface area contributed by atoms with Gasteiger partial charge in [-0.1, -0.05) is 18.2 Å². The number of nitrogens with two attached hydrogens (primary N) is 1. The lowest BCUT2D eigenvalue weighted by molar-refractivity contribution is 0.295. The second kappa shape index (κ2) is 5.83. The summed E-state index contributed by atoms with van der Waals surface area (Å²) >= 11 is 0. The number of sulfonamides is 1. The fraction of sp³-hybridized carbons (Fsp3) is 0.200. The largest absolute Gasteiger partial charge is 0.487 e. The molecule has 0 spiro atoms. The lowest BCUT2D eigenvalue weighted by Crippen LogP contribution is -2.15. The Morgan fingerprint density at radius 1 is 1.19 bits per heavy atom. The van der Waals surface area contributed by atoms with E-state index in [1.54, 1.807) is 32.0 Å². The summed E-state index contributed by atoms with van der Waals surface area (Å²) in [7, 11) is -3.89. The normalized spacial score (nSPS) is 11.4. The molecule has 2 rings (SSSR count). The Labute approximate surface area is 123 Å². The van der Waals surface area contributed by atoms with Crippen LogP contribution in [0.15, 0.2) is 41.3 Å². The van der Waals surface area contributed by atoms with Gasteiger partial charge in [-0.3, -0.25) is 0 Å². The smallest absolute Gasteiger partial charge is 0.241 e. The van der Waals surface area contributed by atoms with E-state index in [2.05, 4.69) is 0 Å². The highest BCUT2D eigenvalue weighted by Gasteiger charge is 2.18. The molecule has 0 aliphatic rings. The summed E-state index contributed by atoms with van der Waals surface area (Å²) in [5.41, 5.74) is 2.04. The minimum atomic E-state index is -3.89. The number of halogens is 1. The summed E-state index contributed by atoms with van der Waals surface area (Å²) in [6.07, 6.45) is 0. The fourth-order valence-electron chi connectivity index (χ4n) is 2.09. The van der Waals surface area contributed by atoms with Crippen LogP contribution < -0.4 is 9.88 Å². The summed E-state index contributed by atoms with van der Waals surface area (Å²) in [6.45, 7) is 3.57. The molecule has 0 aromatic heterocycles. The first-order valence-electron chi connectivity index (χ1n) is 6.28. The van der Waals surface area contributed by atoms with Gasteiger partial charge in [0, 0.05) is 0 Å². The zero-order chi connectivity index (χ0) is 15.6. The van der Waals surface area contributed by atoms with Crippen LogP contribution in [0.1, 0.15) is 16.7 Å². The Hall–Kier alpha value is -1.92. The van der Waals surface area contributed by atoms with Crippen molar-refractivity contribution < 1.29 is 17.5 Å². The van der Waals surface area contributed by atoms with Crippen LogP contribution in [0.2, 0.25) is 0 Å². The van der Waals surface area contributed by atoms with Gasteiger partial charge in [-0.15, -0.1) is 0 Å². The van der Waals surface area contributed by atoms with Crippen molar-refractivity contribution in [3.63, 3.8) is 0 Å². The number of hydrogen-bond acceptors (Lipinski definition) is 3. The Balaban J connectivity index is 2.36. The van der Waals surface area contributed by atoms with Crippen LogP contribution in [0.4, 0.5) is 4.39 Å². The van der Waals surface area contributed by atoms with Gasteiger partial charge in [-0.05, 0) is 48.7 Å². The van der Waals surface area contributed by atoms with Gasteiger partial charge >= 0.3 is 0 Å². The zero-order valence-electron chi connectivity index (χ0n) is 11.8. The van der Waals surface area contributed by atoms with Gasteiger partial charge in [0.05, 0.1) is 0 Å². The van der Waals surface area contributed by atoms with E-state index < -0.39 is 10.0 Å². The lowest BCUT2D eigenvalue weighted by Gasteiger charge is -2.14. The van der Waals surface area contributed by atoms with Gasteiger partial charge in [-0.2, -0.15) is 0 Å². The summed E-state index contributed by atoms with van der Waals surface area (Å²) in [4.78, 5) is -0.0589. The van der Waals surface area contributed by atoms with Crippen molar-refractivity contribution in [3.05, 3.63) is 58.9 Å². The second-order valence-corrected chi connectivity index (χ2v) is 6.40. The highest BCUT2D eigenvalue weighted by molar-refractivity contribution is 7.89. The molecule has 0 amide bonds. The number of hydrogen-bond donors (Lipinski definition) is 1. The Morgan fingerprint density at radius 2 is 1.90 bits per heavy atom. The van der Waals surface area contributed by atoms with Gasteiger partial charge in [0.15, 0.2) is 0 Å². The Kier molecular flexibility index (Phi) is 4.29. The molecule has 0 fully saturated rings. The van der Waals surface area contributed by atoms with E-state index in [1.807, 2.05) is 0 Å². The van der Waals surface area contributed by atoms with Gasteiger partial charge in [0.25, 0.3) is 0 Å². The van der Waals surface area contributed by atoms with Gasteiger partial charge in [-0.25, -0.2) is 17.9 Å². The Morgan fingerprint density at radius 3 is 2.52 bits per heavy atom. The van der Waals surface area contributed by atoms with Crippen LogP contribution >= 0.6 is 0 Å². The van der Waals surface area contributed by atoms with Crippen molar-refractivity contribution >= 4 is 10.0 Å². The highest BCUT2D eigenvalue weighted by atomic mass is 32.2. The molecule has 0 aliphatic carbocycles. The molecule has 6 heteroatoms. The van der Waals surface area contributed by atoms with Crippen molar-refractivity contribution in [3.8, 4) is 5.75 Å². The fourth-order valence-corrected chi connectivity index (χ4v) is 2.92. The third kappa shape index (κ3) is 3.80. The van der Waals surface area contributed by atoms with E-state index in [0.29, 0.717) is 11.1 Å². The van der Waals surface area contributed by atoms with E-state index in [-0.39, 0.29) is 23.1 Å². The maximum Gasteiger partial charge on any atom is 0.241 e. The van der Waals surface area contributed by atoms with E-state index in [4.69, 9.17) is 9.88 Å². The quantitative estimate of drug-likeness (QED) is 0.944. The summed E-state index contributed by atoms with van der Waals surface area (Å²) in [5.74, 6) is -0.171. The molecule has 2 aromatic carbocycles. The van der Waals surface area contributed by atoms with E-state index in [0.717, 1.165) is 5.56 Å². The number of rotatable bonds is 4. The second-order valence-electron chi connectivity index (χ2n) is 4.87. The molecule has 2 aromatic rings. The van der Waals surface area contributed by atoms with Crippen LogP contribution in [0.5, 0.6) is 5.75 Å². The molecule has 0 saturated carbocycles. The van der Waals surface area contributed by atoms with Crippen LogP contribution in [-0.4, -0.2) is 8.42 Å². The molecule has 112 valence electrons. The zero-order valence-corrected chi connectivity index (χ0v) is 12.6. The summed E-state index contributed by atoms with van der Waals surface area (Å²) in [5, 5.41) is 5.22. The number of primary sulfonamides is 1. The van der Waals surface area contributed by atoms with Crippen LogP contribution in [-0.2, 0) is 16.6 Å². The molecule has 21 heavy (non-hydrogen) atoms. The van der Waals surface area contributed by atoms with Crippen molar-refractivity contribution in [1.29, 1.82) is 0 Å². The minimum Gasteiger partial charge on any atom is -0.487 e. The average Bonchev–Trinajstić information content (AvgIpc) is 2.36. The molecule has 0 heterocycles. The molecule has 0 aliphatic heterocycles. The van der Waals surface area contributed by atoms with Crippen LogP contribution in [0, 0.1) is 19.7 Å². The van der Waals surface area contributed by atoms with E-state index in [9.17, 15) is 12.8 Å². The number of benzene rings is 2.